The standard InChI is InChI=1S/C19H13N5O6/c1-22-15-7-4-11(20-17(25)10-2-5-12(6-3-10)24(29)30)8-13(15)18(26)23-16(22)9-14(21-23)19(27)28/h2-9H,1H3,(H,20,25)(H,27,28). The summed E-state index contributed by atoms with van der Waals surface area (Å²) in [5.41, 5.74) is 0.451. The van der Waals surface area contributed by atoms with Gasteiger partial charge in [-0.1, -0.05) is 0 Å². The number of anilines is 1. The number of carbonyl (C=O) groups is 2. The van der Waals surface area contributed by atoms with Crippen molar-refractivity contribution in [3.8, 4) is 0 Å². The SMILES string of the molecule is Cn1c2ccc(NC(=O)c3ccc([N+](=O)[O-])cc3)cc2c(=O)n2nc(C(=O)O)cc12. The molecule has 0 spiro atoms. The lowest BCUT2D eigenvalue weighted by atomic mass is 10.1. The first kappa shape index (κ1) is 18.8. The quantitative estimate of drug-likeness (QED) is 0.388. The number of nitrogens with zero attached hydrogens (tertiary/aromatic N) is 4. The maximum absolute atomic E-state index is 12.8. The Morgan fingerprint density at radius 2 is 1.83 bits per heavy atom. The largest absolute Gasteiger partial charge is 0.476 e. The summed E-state index contributed by atoms with van der Waals surface area (Å²) in [5.74, 6) is -1.76. The van der Waals surface area contributed by atoms with E-state index in [1.165, 1.54) is 36.4 Å². The first-order valence-corrected chi connectivity index (χ1v) is 8.58. The van der Waals surface area contributed by atoms with Gasteiger partial charge in [0.1, 0.15) is 5.65 Å². The van der Waals surface area contributed by atoms with Crippen molar-refractivity contribution in [2.75, 3.05) is 5.32 Å². The number of carboxylic acids is 1. The predicted octanol–water partition coefficient (Wildman–Crippen LogP) is 2.04. The van der Waals surface area contributed by atoms with Gasteiger partial charge < -0.3 is 15.0 Å². The molecule has 0 bridgehead atoms. The van der Waals surface area contributed by atoms with Crippen LogP contribution < -0.4 is 10.9 Å². The van der Waals surface area contributed by atoms with Crippen LogP contribution in [0.4, 0.5) is 11.4 Å². The number of carbonyl (C=O) groups excluding carboxylic acids is 1. The number of benzene rings is 2. The Labute approximate surface area is 166 Å². The van der Waals surface area contributed by atoms with Crippen molar-refractivity contribution in [2.24, 2.45) is 7.05 Å². The zero-order chi connectivity index (χ0) is 21.6. The first-order chi connectivity index (χ1) is 14.3. The number of aromatic carboxylic acids is 1. The molecule has 30 heavy (non-hydrogen) atoms. The topological polar surface area (TPSA) is 149 Å². The van der Waals surface area contributed by atoms with Gasteiger partial charge in [0.2, 0.25) is 0 Å². The van der Waals surface area contributed by atoms with Gasteiger partial charge in [-0.05, 0) is 30.3 Å². The van der Waals surface area contributed by atoms with Crippen LogP contribution in [0.25, 0.3) is 16.6 Å². The Balaban J connectivity index is 1.74. The lowest BCUT2D eigenvalue weighted by Gasteiger charge is -2.10. The van der Waals surface area contributed by atoms with E-state index in [4.69, 9.17) is 5.11 Å². The molecule has 0 fully saturated rings. The summed E-state index contributed by atoms with van der Waals surface area (Å²) in [5, 5.41) is 26.5. The summed E-state index contributed by atoms with van der Waals surface area (Å²) in [6, 6.07) is 11.1. The summed E-state index contributed by atoms with van der Waals surface area (Å²) in [6.07, 6.45) is 0. The van der Waals surface area contributed by atoms with Crippen molar-refractivity contribution >= 4 is 39.8 Å². The second-order valence-electron chi connectivity index (χ2n) is 6.46. The van der Waals surface area contributed by atoms with E-state index < -0.39 is 22.4 Å². The molecule has 11 nitrogen and oxygen atoms in total. The molecule has 2 aromatic heterocycles. The zero-order valence-electron chi connectivity index (χ0n) is 15.4. The Hall–Kier alpha value is -4.54. The minimum absolute atomic E-state index is 0.135. The number of non-ortho nitro benzene ring substituents is 1. The molecular weight excluding hydrogens is 394 g/mol. The molecule has 2 aromatic carbocycles. The first-order valence-electron chi connectivity index (χ1n) is 8.58. The van der Waals surface area contributed by atoms with Gasteiger partial charge in [0.25, 0.3) is 17.2 Å². The highest BCUT2D eigenvalue weighted by molar-refractivity contribution is 6.05. The third-order valence-electron chi connectivity index (χ3n) is 4.63. The molecule has 0 unspecified atom stereocenters. The van der Waals surface area contributed by atoms with Crippen molar-refractivity contribution in [3.63, 3.8) is 0 Å². The Morgan fingerprint density at radius 3 is 2.47 bits per heavy atom. The third kappa shape index (κ3) is 3.03. The summed E-state index contributed by atoms with van der Waals surface area (Å²) >= 11 is 0. The van der Waals surface area contributed by atoms with Gasteiger partial charge in [-0.15, -0.1) is 0 Å². The molecule has 4 aromatic rings. The predicted molar refractivity (Wildman–Crippen MR) is 106 cm³/mol. The van der Waals surface area contributed by atoms with Gasteiger partial charge in [0.15, 0.2) is 5.69 Å². The van der Waals surface area contributed by atoms with Crippen LogP contribution in [-0.2, 0) is 7.05 Å². The van der Waals surface area contributed by atoms with Crippen LogP contribution in [0.5, 0.6) is 0 Å². The fraction of sp³-hybridized carbons (Fsp3) is 0.0526. The van der Waals surface area contributed by atoms with Gasteiger partial charge in [-0.3, -0.25) is 19.7 Å². The molecule has 1 amide bonds. The average molecular weight is 407 g/mol. The van der Waals surface area contributed by atoms with Crippen LogP contribution in [0.15, 0.2) is 53.3 Å². The number of nitrogens with one attached hydrogen (secondary N) is 1. The van der Waals surface area contributed by atoms with Gasteiger partial charge in [0.05, 0.1) is 15.8 Å². The molecule has 0 radical (unpaired) electrons. The third-order valence-corrected chi connectivity index (χ3v) is 4.63. The van der Waals surface area contributed by atoms with Crippen LogP contribution >= 0.6 is 0 Å². The molecule has 4 rings (SSSR count). The van der Waals surface area contributed by atoms with Crippen LogP contribution in [0.1, 0.15) is 20.8 Å². The van der Waals surface area contributed by atoms with Crippen molar-refractivity contribution in [1.82, 2.24) is 14.2 Å². The lowest BCUT2D eigenvalue weighted by Crippen LogP contribution is -2.19. The van der Waals surface area contributed by atoms with Crippen molar-refractivity contribution in [3.05, 3.63) is 80.3 Å². The molecule has 2 N–H and O–H groups in total. The Bertz CT molecular complexity index is 1420. The molecule has 150 valence electrons. The smallest absolute Gasteiger partial charge is 0.356 e. The van der Waals surface area contributed by atoms with E-state index in [2.05, 4.69) is 10.4 Å². The van der Waals surface area contributed by atoms with E-state index in [-0.39, 0.29) is 22.3 Å². The second-order valence-corrected chi connectivity index (χ2v) is 6.46. The summed E-state index contributed by atoms with van der Waals surface area (Å²) < 4.78 is 2.62. The van der Waals surface area contributed by atoms with E-state index >= 15 is 0 Å². The summed E-state index contributed by atoms with van der Waals surface area (Å²) in [4.78, 5) is 46.6. The number of amides is 1. The minimum atomic E-state index is -1.25. The summed E-state index contributed by atoms with van der Waals surface area (Å²) in [6.45, 7) is 0. The fourth-order valence-electron chi connectivity index (χ4n) is 3.12. The van der Waals surface area contributed by atoms with Crippen molar-refractivity contribution in [1.29, 1.82) is 0 Å². The van der Waals surface area contributed by atoms with Crippen LogP contribution in [0, 0.1) is 10.1 Å². The van der Waals surface area contributed by atoms with Crippen molar-refractivity contribution in [2.45, 2.75) is 0 Å². The van der Waals surface area contributed by atoms with Crippen LogP contribution in [-0.4, -0.2) is 36.1 Å². The molecule has 0 aliphatic heterocycles. The van der Waals surface area contributed by atoms with Gasteiger partial charge >= 0.3 is 5.97 Å². The number of hydrogen-bond acceptors (Lipinski definition) is 6. The van der Waals surface area contributed by atoms with Gasteiger partial charge in [-0.2, -0.15) is 9.61 Å². The number of aryl methyl sites for hydroxylation is 1. The normalized spacial score (nSPS) is 11.0. The molecule has 0 aliphatic rings. The highest BCUT2D eigenvalue weighted by Crippen LogP contribution is 2.20. The van der Waals surface area contributed by atoms with Crippen molar-refractivity contribution < 1.29 is 19.6 Å². The van der Waals surface area contributed by atoms with Gasteiger partial charge in [-0.25, -0.2) is 4.79 Å². The minimum Gasteiger partial charge on any atom is -0.476 e. The number of hydrogen-bond donors (Lipinski definition) is 2. The number of rotatable bonds is 4. The zero-order valence-corrected chi connectivity index (χ0v) is 15.4. The average Bonchev–Trinajstić information content (AvgIpc) is 3.18. The number of aromatic nitrogens is 3. The maximum Gasteiger partial charge on any atom is 0.356 e. The number of fused-ring (bicyclic) bond motifs is 2. The monoisotopic (exact) mass is 407 g/mol. The molecule has 11 heteroatoms. The highest BCUT2D eigenvalue weighted by Gasteiger charge is 2.16. The molecule has 0 aliphatic carbocycles. The van der Waals surface area contributed by atoms with E-state index in [0.717, 1.165) is 4.52 Å². The second kappa shape index (κ2) is 6.81. The fourth-order valence-corrected chi connectivity index (χ4v) is 3.12. The molecular formula is C19H13N5O6. The van der Waals surface area contributed by atoms with E-state index in [1.54, 1.807) is 23.7 Å². The van der Waals surface area contributed by atoms with E-state index in [1.807, 2.05) is 0 Å². The maximum atomic E-state index is 12.8. The number of carboxylic acid groups (broad SMARTS) is 1. The molecule has 2 heterocycles. The van der Waals surface area contributed by atoms with Gasteiger partial charge in [0, 0.05) is 36.5 Å². The Kier molecular flexibility index (Phi) is 4.27. The Morgan fingerprint density at radius 1 is 1.13 bits per heavy atom. The number of nitro benzene ring substituents is 1. The van der Waals surface area contributed by atoms with E-state index in [9.17, 15) is 24.5 Å². The lowest BCUT2D eigenvalue weighted by molar-refractivity contribution is -0.384. The molecule has 0 atom stereocenters. The number of nitro groups is 1. The van der Waals surface area contributed by atoms with Crippen LogP contribution in [0.3, 0.4) is 0 Å². The van der Waals surface area contributed by atoms with Crippen LogP contribution in [0.2, 0.25) is 0 Å². The molecule has 0 saturated carbocycles. The molecule has 0 saturated heterocycles. The highest BCUT2D eigenvalue weighted by atomic mass is 16.6. The summed E-state index contributed by atoms with van der Waals surface area (Å²) in [7, 11) is 1.67. The van der Waals surface area contributed by atoms with E-state index in [0.29, 0.717) is 16.9 Å².